The average molecular weight is 374 g/mol. The van der Waals surface area contributed by atoms with Crippen molar-refractivity contribution in [3.05, 3.63) is 69.7 Å². The summed E-state index contributed by atoms with van der Waals surface area (Å²) in [6.45, 7) is 1.48. The zero-order valence-corrected chi connectivity index (χ0v) is 14.1. The van der Waals surface area contributed by atoms with Crippen LogP contribution >= 0.6 is 27.7 Å². The predicted molar refractivity (Wildman–Crippen MR) is 92.0 cm³/mol. The lowest BCUT2D eigenvalue weighted by molar-refractivity contribution is -0.116. The second-order valence-corrected chi connectivity index (χ2v) is 6.79. The summed E-state index contributed by atoms with van der Waals surface area (Å²) in [7, 11) is 0. The van der Waals surface area contributed by atoms with Gasteiger partial charge in [-0.15, -0.1) is 0 Å². The highest BCUT2D eigenvalue weighted by Crippen LogP contribution is 2.40. The molecule has 5 heteroatoms. The Morgan fingerprint density at radius 1 is 1.14 bits per heavy atom. The molecule has 0 saturated heterocycles. The molecule has 2 aromatic rings. The van der Waals surface area contributed by atoms with E-state index in [0.29, 0.717) is 10.5 Å². The molecule has 1 heterocycles. The number of thioether (sulfide) groups is 1. The number of nitrogens with zero attached hydrogens (tertiary/aromatic N) is 1. The Morgan fingerprint density at radius 2 is 1.82 bits per heavy atom. The number of carbonyl (C=O) groups is 2. The first kappa shape index (κ1) is 15.1. The first-order chi connectivity index (χ1) is 10.6. The van der Waals surface area contributed by atoms with Crippen LogP contribution in [0.2, 0.25) is 0 Å². The molecule has 0 atom stereocenters. The maximum atomic E-state index is 12.4. The number of halogens is 1. The fourth-order valence-electron chi connectivity index (χ4n) is 2.19. The third-order valence-electron chi connectivity index (χ3n) is 3.27. The van der Waals surface area contributed by atoms with Crippen molar-refractivity contribution >= 4 is 45.1 Å². The van der Waals surface area contributed by atoms with E-state index < -0.39 is 0 Å². The van der Waals surface area contributed by atoms with Crippen molar-refractivity contribution in [2.75, 3.05) is 4.90 Å². The number of allylic oxidation sites excluding steroid dienone is 1. The van der Waals surface area contributed by atoms with Gasteiger partial charge < -0.3 is 0 Å². The summed E-state index contributed by atoms with van der Waals surface area (Å²) in [5, 5.41) is 0. The highest BCUT2D eigenvalue weighted by molar-refractivity contribution is 9.10. The second-order valence-electron chi connectivity index (χ2n) is 4.79. The average Bonchev–Trinajstić information content (AvgIpc) is 2.82. The van der Waals surface area contributed by atoms with Crippen LogP contribution < -0.4 is 4.90 Å². The first-order valence-electron chi connectivity index (χ1n) is 6.65. The van der Waals surface area contributed by atoms with E-state index in [1.807, 2.05) is 48.5 Å². The number of benzene rings is 2. The molecule has 0 aliphatic carbocycles. The second kappa shape index (κ2) is 6.10. The lowest BCUT2D eigenvalue weighted by atomic mass is 10.1. The minimum atomic E-state index is -0.140. The molecule has 110 valence electrons. The Balaban J connectivity index is 1.97. The Hall–Kier alpha value is -1.85. The van der Waals surface area contributed by atoms with Crippen molar-refractivity contribution in [3.8, 4) is 0 Å². The Bertz CT molecular complexity index is 784. The van der Waals surface area contributed by atoms with Gasteiger partial charge in [0.2, 0.25) is 11.7 Å². The van der Waals surface area contributed by atoms with E-state index in [1.54, 1.807) is 6.20 Å². The molecule has 2 aromatic carbocycles. The van der Waals surface area contributed by atoms with Crippen LogP contribution in [0.4, 0.5) is 5.69 Å². The van der Waals surface area contributed by atoms with Crippen LogP contribution in [-0.4, -0.2) is 11.7 Å². The van der Waals surface area contributed by atoms with Crippen LogP contribution in [0.3, 0.4) is 0 Å². The van der Waals surface area contributed by atoms with E-state index in [-0.39, 0.29) is 11.7 Å². The van der Waals surface area contributed by atoms with E-state index in [1.165, 1.54) is 23.6 Å². The number of ketones is 1. The standard InChI is InChI=1S/C17H12BrNO2S/c1-11(20)19(13-8-6-12(18)7-9-13)10-16-17(21)14-4-2-3-5-15(14)22-16/h2-10H,1H3. The van der Waals surface area contributed by atoms with Crippen LogP contribution in [0.15, 0.2) is 69.0 Å². The van der Waals surface area contributed by atoms with Gasteiger partial charge in [0.05, 0.1) is 4.91 Å². The van der Waals surface area contributed by atoms with Crippen molar-refractivity contribution < 1.29 is 9.59 Å². The van der Waals surface area contributed by atoms with Crippen LogP contribution in [-0.2, 0) is 4.79 Å². The highest BCUT2D eigenvalue weighted by Gasteiger charge is 2.26. The van der Waals surface area contributed by atoms with Crippen LogP contribution in [0.1, 0.15) is 17.3 Å². The largest absolute Gasteiger partial charge is 0.288 e. The molecule has 0 spiro atoms. The van der Waals surface area contributed by atoms with Gasteiger partial charge in [0, 0.05) is 33.7 Å². The smallest absolute Gasteiger partial charge is 0.227 e. The number of Topliss-reactive ketones (excluding diaryl/α,β-unsaturated/α-hetero) is 1. The SMILES string of the molecule is CC(=O)N(C=C1Sc2ccccc2C1=O)c1ccc(Br)cc1. The lowest BCUT2D eigenvalue weighted by Gasteiger charge is -2.17. The van der Waals surface area contributed by atoms with Crippen LogP contribution in [0, 0.1) is 0 Å². The van der Waals surface area contributed by atoms with Gasteiger partial charge in [-0.1, -0.05) is 39.8 Å². The number of anilines is 1. The Morgan fingerprint density at radius 3 is 2.45 bits per heavy atom. The number of amides is 1. The maximum absolute atomic E-state index is 12.4. The molecule has 0 unspecified atom stereocenters. The molecule has 3 nitrogen and oxygen atoms in total. The van der Waals surface area contributed by atoms with Crippen LogP contribution in [0.5, 0.6) is 0 Å². The monoisotopic (exact) mass is 373 g/mol. The molecule has 1 aliphatic heterocycles. The number of hydrogen-bond donors (Lipinski definition) is 0. The molecule has 0 fully saturated rings. The zero-order chi connectivity index (χ0) is 15.7. The van der Waals surface area contributed by atoms with Gasteiger partial charge in [-0.05, 0) is 36.4 Å². The van der Waals surface area contributed by atoms with E-state index in [9.17, 15) is 9.59 Å². The lowest BCUT2D eigenvalue weighted by Crippen LogP contribution is -2.22. The fraction of sp³-hybridized carbons (Fsp3) is 0.0588. The van der Waals surface area contributed by atoms with E-state index in [2.05, 4.69) is 15.9 Å². The third-order valence-corrected chi connectivity index (χ3v) is 4.88. The minimum absolute atomic E-state index is 0.0380. The molecule has 3 rings (SSSR count). The summed E-state index contributed by atoms with van der Waals surface area (Å²) in [6, 6.07) is 14.9. The minimum Gasteiger partial charge on any atom is -0.288 e. The van der Waals surface area contributed by atoms with Crippen LogP contribution in [0.25, 0.3) is 0 Å². The molecule has 0 N–H and O–H groups in total. The number of rotatable bonds is 2. The fourth-order valence-corrected chi connectivity index (χ4v) is 3.47. The molecule has 0 radical (unpaired) electrons. The summed E-state index contributed by atoms with van der Waals surface area (Å²) in [6.07, 6.45) is 1.62. The summed E-state index contributed by atoms with van der Waals surface area (Å²) in [5.74, 6) is -0.178. The van der Waals surface area contributed by atoms with Crippen molar-refractivity contribution in [3.63, 3.8) is 0 Å². The van der Waals surface area contributed by atoms with Gasteiger partial charge >= 0.3 is 0 Å². The molecular formula is C17H12BrNO2S. The number of carbonyl (C=O) groups excluding carboxylic acids is 2. The van der Waals surface area contributed by atoms with Gasteiger partial charge in [0.25, 0.3) is 0 Å². The van der Waals surface area contributed by atoms with Gasteiger partial charge in [0.15, 0.2) is 0 Å². The van der Waals surface area contributed by atoms with E-state index in [4.69, 9.17) is 0 Å². The first-order valence-corrected chi connectivity index (χ1v) is 8.26. The molecule has 1 aliphatic rings. The zero-order valence-electron chi connectivity index (χ0n) is 11.7. The van der Waals surface area contributed by atoms with Gasteiger partial charge in [-0.25, -0.2) is 0 Å². The van der Waals surface area contributed by atoms with Gasteiger partial charge in [0.1, 0.15) is 0 Å². The Labute approximate surface area is 141 Å². The molecule has 0 saturated carbocycles. The summed E-state index contributed by atoms with van der Waals surface area (Å²) < 4.78 is 0.936. The topological polar surface area (TPSA) is 37.4 Å². The molecule has 0 aromatic heterocycles. The number of hydrogen-bond acceptors (Lipinski definition) is 3. The van der Waals surface area contributed by atoms with Crippen molar-refractivity contribution in [1.29, 1.82) is 0 Å². The Kier molecular flexibility index (Phi) is 4.18. The third kappa shape index (κ3) is 2.87. The van der Waals surface area contributed by atoms with Crippen molar-refractivity contribution in [2.24, 2.45) is 0 Å². The molecule has 0 bridgehead atoms. The number of fused-ring (bicyclic) bond motifs is 1. The van der Waals surface area contributed by atoms with Crippen molar-refractivity contribution in [1.82, 2.24) is 0 Å². The van der Waals surface area contributed by atoms with Crippen molar-refractivity contribution in [2.45, 2.75) is 11.8 Å². The predicted octanol–water partition coefficient (Wildman–Crippen LogP) is 4.63. The summed E-state index contributed by atoms with van der Waals surface area (Å²) in [5.41, 5.74) is 1.42. The molecule has 1 amide bonds. The molecule has 22 heavy (non-hydrogen) atoms. The van der Waals surface area contributed by atoms with E-state index >= 15 is 0 Å². The summed E-state index contributed by atoms with van der Waals surface area (Å²) >= 11 is 4.77. The van der Waals surface area contributed by atoms with Gasteiger partial charge in [-0.3, -0.25) is 14.5 Å². The maximum Gasteiger partial charge on any atom is 0.227 e. The highest BCUT2D eigenvalue weighted by atomic mass is 79.9. The normalized spacial score (nSPS) is 15.0. The van der Waals surface area contributed by atoms with E-state index in [0.717, 1.165) is 15.1 Å². The molecular weight excluding hydrogens is 362 g/mol. The quantitative estimate of drug-likeness (QED) is 0.720. The summed E-state index contributed by atoms with van der Waals surface area (Å²) in [4.78, 5) is 27.3. The van der Waals surface area contributed by atoms with Gasteiger partial charge in [-0.2, -0.15) is 0 Å².